The summed E-state index contributed by atoms with van der Waals surface area (Å²) in [6, 6.07) is 17.8. The summed E-state index contributed by atoms with van der Waals surface area (Å²) >= 11 is 0. The van der Waals surface area contributed by atoms with Crippen LogP contribution in [-0.2, 0) is 20.1 Å². The molecule has 0 bridgehead atoms. The van der Waals surface area contributed by atoms with Crippen LogP contribution >= 0.6 is 0 Å². The molecule has 0 spiro atoms. The number of nitrogens with zero attached hydrogens (tertiary/aromatic N) is 5. The van der Waals surface area contributed by atoms with E-state index < -0.39 is 0 Å². The van der Waals surface area contributed by atoms with Crippen molar-refractivity contribution in [2.45, 2.75) is 26.9 Å². The van der Waals surface area contributed by atoms with Gasteiger partial charge in [0, 0.05) is 25.8 Å². The second kappa shape index (κ2) is 7.27. The summed E-state index contributed by atoms with van der Waals surface area (Å²) in [5, 5.41) is 0. The highest BCUT2D eigenvalue weighted by atomic mass is 16.2. The van der Waals surface area contributed by atoms with Gasteiger partial charge in [-0.15, -0.1) is 0 Å². The minimum atomic E-state index is -0.354. The Morgan fingerprint density at radius 3 is 2.45 bits per heavy atom. The third-order valence-electron chi connectivity index (χ3n) is 6.03. The summed E-state index contributed by atoms with van der Waals surface area (Å²) in [5.41, 5.74) is 3.40. The molecular weight excluding hydrogens is 390 g/mol. The number of benzene rings is 2. The van der Waals surface area contributed by atoms with Gasteiger partial charge in [0.15, 0.2) is 11.2 Å². The van der Waals surface area contributed by atoms with Crippen LogP contribution in [0.25, 0.3) is 11.2 Å². The first-order valence-corrected chi connectivity index (χ1v) is 10.5. The van der Waals surface area contributed by atoms with Crippen molar-refractivity contribution in [3.8, 4) is 0 Å². The molecule has 7 nitrogen and oxygen atoms in total. The van der Waals surface area contributed by atoms with E-state index in [0.717, 1.165) is 23.4 Å². The Labute approximate surface area is 179 Å². The summed E-state index contributed by atoms with van der Waals surface area (Å²) < 4.78 is 4.79. The molecule has 158 valence electrons. The average molecular weight is 415 g/mol. The largest absolute Gasteiger partial charge is 0.332 e. The van der Waals surface area contributed by atoms with Crippen molar-refractivity contribution in [3.63, 3.8) is 0 Å². The smallest absolute Gasteiger partial charge is 0.311 e. The van der Waals surface area contributed by atoms with E-state index in [-0.39, 0.29) is 17.8 Å². The lowest BCUT2D eigenvalue weighted by Gasteiger charge is -2.33. The van der Waals surface area contributed by atoms with Crippen molar-refractivity contribution in [1.82, 2.24) is 18.7 Å². The number of para-hydroxylation sites is 1. The quantitative estimate of drug-likeness (QED) is 0.516. The fourth-order valence-corrected chi connectivity index (χ4v) is 4.48. The Balaban J connectivity index is 1.75. The van der Waals surface area contributed by atoms with E-state index in [4.69, 9.17) is 4.98 Å². The highest BCUT2D eigenvalue weighted by Gasteiger charge is 2.30. The predicted octanol–water partition coefficient (Wildman–Crippen LogP) is 3.04. The van der Waals surface area contributed by atoms with Crippen LogP contribution in [0.1, 0.15) is 18.1 Å². The number of aromatic nitrogens is 4. The maximum Gasteiger partial charge on any atom is 0.332 e. The first-order chi connectivity index (χ1) is 15.0. The van der Waals surface area contributed by atoms with Crippen molar-refractivity contribution in [3.05, 3.63) is 86.6 Å². The second-order valence-corrected chi connectivity index (χ2v) is 8.42. The number of aryl methyl sites for hydroxylation is 2. The summed E-state index contributed by atoms with van der Waals surface area (Å²) in [6.07, 6.45) is 0. The Kier molecular flexibility index (Phi) is 4.54. The molecule has 31 heavy (non-hydrogen) atoms. The molecule has 1 aliphatic heterocycles. The van der Waals surface area contributed by atoms with Gasteiger partial charge in [-0.2, -0.15) is 4.98 Å². The molecule has 0 amide bonds. The van der Waals surface area contributed by atoms with Crippen LogP contribution in [0.4, 0.5) is 11.6 Å². The normalized spacial score (nSPS) is 16.0. The number of rotatable bonds is 3. The van der Waals surface area contributed by atoms with Gasteiger partial charge in [0.05, 0.1) is 6.54 Å². The maximum absolute atomic E-state index is 13.5. The first-order valence-electron chi connectivity index (χ1n) is 10.5. The number of hydrogen-bond acceptors (Lipinski definition) is 4. The van der Waals surface area contributed by atoms with E-state index in [2.05, 4.69) is 30.9 Å². The summed E-state index contributed by atoms with van der Waals surface area (Å²) in [5.74, 6) is 1.04. The van der Waals surface area contributed by atoms with Crippen molar-refractivity contribution in [1.29, 1.82) is 0 Å². The topological polar surface area (TPSA) is 65.1 Å². The number of fused-ring (bicyclic) bond motifs is 3. The molecule has 5 rings (SSSR count). The second-order valence-electron chi connectivity index (χ2n) is 8.42. The number of imidazole rings is 1. The lowest BCUT2D eigenvalue weighted by molar-refractivity contribution is 0.457. The van der Waals surface area contributed by atoms with Gasteiger partial charge in [-0.3, -0.25) is 13.9 Å². The van der Waals surface area contributed by atoms with Crippen LogP contribution in [0.2, 0.25) is 0 Å². The van der Waals surface area contributed by atoms with Gasteiger partial charge in [0.1, 0.15) is 0 Å². The van der Waals surface area contributed by atoms with Gasteiger partial charge in [-0.05, 0) is 30.0 Å². The predicted molar refractivity (Wildman–Crippen MR) is 122 cm³/mol. The van der Waals surface area contributed by atoms with Gasteiger partial charge in [0.25, 0.3) is 5.56 Å². The molecule has 1 atom stereocenters. The SMILES string of the molecule is Cc1ccccc1N1C[C@H](C)Cn2c1nc1c2c(=O)n(Cc2ccccc2)c(=O)n1C. The van der Waals surface area contributed by atoms with E-state index in [9.17, 15) is 9.59 Å². The van der Waals surface area contributed by atoms with Crippen molar-refractivity contribution in [2.75, 3.05) is 11.4 Å². The number of anilines is 2. The zero-order valence-corrected chi connectivity index (χ0v) is 17.9. The van der Waals surface area contributed by atoms with Gasteiger partial charge in [-0.1, -0.05) is 55.5 Å². The minimum absolute atomic E-state index is 0.236. The lowest BCUT2D eigenvalue weighted by atomic mass is 10.1. The van der Waals surface area contributed by atoms with E-state index in [1.807, 2.05) is 47.0 Å². The monoisotopic (exact) mass is 415 g/mol. The van der Waals surface area contributed by atoms with Crippen molar-refractivity contribution >= 4 is 22.8 Å². The molecule has 0 N–H and O–H groups in total. The fourth-order valence-electron chi connectivity index (χ4n) is 4.48. The van der Waals surface area contributed by atoms with E-state index >= 15 is 0 Å². The highest BCUT2D eigenvalue weighted by Crippen LogP contribution is 2.34. The van der Waals surface area contributed by atoms with Crippen molar-refractivity contribution < 1.29 is 0 Å². The molecular formula is C24H25N5O2. The minimum Gasteiger partial charge on any atom is -0.311 e. The van der Waals surface area contributed by atoms with Gasteiger partial charge in [-0.25, -0.2) is 4.79 Å². The van der Waals surface area contributed by atoms with Crippen LogP contribution in [0.15, 0.2) is 64.2 Å². The van der Waals surface area contributed by atoms with Crippen LogP contribution in [0.3, 0.4) is 0 Å². The highest BCUT2D eigenvalue weighted by molar-refractivity contribution is 5.77. The zero-order chi connectivity index (χ0) is 21.7. The Bertz CT molecular complexity index is 1400. The fraction of sp³-hybridized carbons (Fsp3) is 0.292. The molecule has 0 radical (unpaired) electrons. The third-order valence-corrected chi connectivity index (χ3v) is 6.03. The molecule has 3 heterocycles. The van der Waals surface area contributed by atoms with Crippen LogP contribution in [0, 0.1) is 12.8 Å². The molecule has 2 aromatic carbocycles. The number of hydrogen-bond donors (Lipinski definition) is 0. The van der Waals surface area contributed by atoms with Crippen molar-refractivity contribution in [2.24, 2.45) is 13.0 Å². The average Bonchev–Trinajstić information content (AvgIpc) is 3.15. The van der Waals surface area contributed by atoms with Crippen LogP contribution in [-0.4, -0.2) is 25.2 Å². The third kappa shape index (κ3) is 3.08. The first kappa shape index (κ1) is 19.4. The molecule has 1 aliphatic rings. The van der Waals surface area contributed by atoms with Gasteiger partial charge < -0.3 is 9.47 Å². The summed E-state index contributed by atoms with van der Waals surface area (Å²) in [6.45, 7) is 5.97. The van der Waals surface area contributed by atoms with E-state index in [1.165, 1.54) is 9.13 Å². The van der Waals surface area contributed by atoms with Gasteiger partial charge in [0.2, 0.25) is 5.95 Å². The Morgan fingerprint density at radius 2 is 1.71 bits per heavy atom. The molecule has 0 saturated heterocycles. The zero-order valence-electron chi connectivity index (χ0n) is 17.9. The summed E-state index contributed by atoms with van der Waals surface area (Å²) in [4.78, 5) is 33.5. The lowest BCUT2D eigenvalue weighted by Crippen LogP contribution is -2.40. The molecule has 0 aliphatic carbocycles. The molecule has 0 saturated carbocycles. The molecule has 0 fully saturated rings. The van der Waals surface area contributed by atoms with Crippen LogP contribution in [0.5, 0.6) is 0 Å². The van der Waals surface area contributed by atoms with E-state index in [0.29, 0.717) is 29.6 Å². The molecule has 0 unspecified atom stereocenters. The van der Waals surface area contributed by atoms with E-state index in [1.54, 1.807) is 7.05 Å². The summed E-state index contributed by atoms with van der Waals surface area (Å²) in [7, 11) is 1.69. The maximum atomic E-state index is 13.5. The Hall–Kier alpha value is -3.61. The van der Waals surface area contributed by atoms with Gasteiger partial charge >= 0.3 is 5.69 Å². The standard InChI is InChI=1S/C24H25N5O2/c1-16-13-27(19-12-8-7-9-17(19)2)23-25-21-20(28(23)14-16)22(30)29(24(31)26(21)3)15-18-10-5-4-6-11-18/h4-12,16H,13-15H2,1-3H3/t16-/m0/s1. The molecule has 7 heteroatoms. The molecule has 2 aromatic heterocycles. The van der Waals surface area contributed by atoms with Crippen LogP contribution < -0.4 is 16.1 Å². The molecule has 4 aromatic rings. The Morgan fingerprint density at radius 1 is 1.00 bits per heavy atom.